The first-order valence-corrected chi connectivity index (χ1v) is 7.42. The third-order valence-electron chi connectivity index (χ3n) is 3.72. The van der Waals surface area contributed by atoms with Crippen molar-refractivity contribution in [3.8, 4) is 18.2 Å². The minimum Gasteiger partial charge on any atom is -0.247 e. The molecule has 1 heterocycles. The molecule has 126 valence electrons. The molecule has 3 atom stereocenters. The second kappa shape index (κ2) is 7.94. The molecule has 0 aliphatic heterocycles. The summed E-state index contributed by atoms with van der Waals surface area (Å²) in [7, 11) is 0. The summed E-state index contributed by atoms with van der Waals surface area (Å²) in [6, 6.07) is 3.43. The van der Waals surface area contributed by atoms with Gasteiger partial charge in [0.25, 0.3) is 0 Å². The van der Waals surface area contributed by atoms with Crippen LogP contribution in [0.4, 0.5) is 0 Å². The van der Waals surface area contributed by atoms with Crippen molar-refractivity contribution in [2.24, 2.45) is 0 Å². The largest absolute Gasteiger partial charge is 0.336 e. The molecular weight excluding hydrogens is 312 g/mol. The Morgan fingerprint density at radius 2 is 0.875 bits per heavy atom. The van der Waals surface area contributed by atoms with E-state index in [0.29, 0.717) is 0 Å². The van der Waals surface area contributed by atoms with E-state index in [9.17, 15) is 14.4 Å². The lowest BCUT2D eigenvalue weighted by Gasteiger charge is -2.21. The summed E-state index contributed by atoms with van der Waals surface area (Å²) >= 11 is 0. The molecule has 0 saturated heterocycles. The summed E-state index contributed by atoms with van der Waals surface area (Å²) in [4.78, 5) is 37.8. The van der Waals surface area contributed by atoms with Gasteiger partial charge in [-0.15, -0.1) is 0 Å². The van der Waals surface area contributed by atoms with Gasteiger partial charge < -0.3 is 0 Å². The fourth-order valence-electron chi connectivity index (χ4n) is 2.40. The Balaban J connectivity index is 3.87. The molecule has 0 radical (unpaired) electrons. The van der Waals surface area contributed by atoms with Crippen molar-refractivity contribution >= 4 is 0 Å². The Hall–Kier alpha value is -3.12. The predicted octanol–water partition coefficient (Wildman–Crippen LogP) is 0.596. The van der Waals surface area contributed by atoms with Crippen molar-refractivity contribution in [1.29, 1.82) is 15.8 Å². The van der Waals surface area contributed by atoms with Gasteiger partial charge >= 0.3 is 17.1 Å². The van der Waals surface area contributed by atoms with Crippen molar-refractivity contribution in [3.63, 3.8) is 0 Å². The van der Waals surface area contributed by atoms with Gasteiger partial charge in [0.05, 0.1) is 55.6 Å². The molecule has 0 spiro atoms. The number of rotatable bonds is 6. The Labute approximate surface area is 138 Å². The number of nitrogens with zero attached hydrogens (tertiary/aromatic N) is 6. The smallest absolute Gasteiger partial charge is 0.247 e. The van der Waals surface area contributed by atoms with Crippen LogP contribution in [0.2, 0.25) is 0 Å². The van der Waals surface area contributed by atoms with Crippen LogP contribution < -0.4 is 17.1 Å². The van der Waals surface area contributed by atoms with Gasteiger partial charge in [0.2, 0.25) is 0 Å². The van der Waals surface area contributed by atoms with Crippen LogP contribution in [0.5, 0.6) is 0 Å². The van der Waals surface area contributed by atoms with E-state index >= 15 is 0 Å². The van der Waals surface area contributed by atoms with Gasteiger partial charge in [-0.3, -0.25) is 0 Å². The minimum absolute atomic E-state index is 0.0907. The van der Waals surface area contributed by atoms with E-state index < -0.39 is 35.2 Å². The van der Waals surface area contributed by atoms with Crippen LogP contribution in [0.25, 0.3) is 0 Å². The highest BCUT2D eigenvalue weighted by Gasteiger charge is 2.24. The zero-order valence-corrected chi connectivity index (χ0v) is 13.8. The van der Waals surface area contributed by atoms with Crippen LogP contribution in [0.3, 0.4) is 0 Å². The second-order valence-corrected chi connectivity index (χ2v) is 5.59. The lowest BCUT2D eigenvalue weighted by Crippen LogP contribution is -2.56. The van der Waals surface area contributed by atoms with E-state index in [-0.39, 0.29) is 19.3 Å². The monoisotopic (exact) mass is 330 g/mol. The molecule has 1 aromatic heterocycles. The average molecular weight is 330 g/mol. The first-order valence-electron chi connectivity index (χ1n) is 7.42. The van der Waals surface area contributed by atoms with Gasteiger partial charge in [0.15, 0.2) is 0 Å². The summed E-state index contributed by atoms with van der Waals surface area (Å²) in [5, 5.41) is 26.5. The molecule has 0 amide bonds. The lowest BCUT2D eigenvalue weighted by atomic mass is 10.2. The third kappa shape index (κ3) is 3.44. The van der Waals surface area contributed by atoms with E-state index in [1.54, 1.807) is 0 Å². The van der Waals surface area contributed by atoms with Crippen LogP contribution in [-0.2, 0) is 0 Å². The first-order chi connectivity index (χ1) is 11.3. The molecule has 3 unspecified atom stereocenters. The quantitative estimate of drug-likeness (QED) is 0.748. The first kappa shape index (κ1) is 18.9. The zero-order chi connectivity index (χ0) is 18.4. The van der Waals surface area contributed by atoms with E-state index in [2.05, 4.69) is 0 Å². The molecule has 0 aliphatic carbocycles. The van der Waals surface area contributed by atoms with Gasteiger partial charge in [-0.2, -0.15) is 15.8 Å². The number of aromatic nitrogens is 3. The third-order valence-corrected chi connectivity index (χ3v) is 3.72. The molecule has 9 nitrogen and oxygen atoms in total. The van der Waals surface area contributed by atoms with Crippen LogP contribution in [0.15, 0.2) is 14.4 Å². The summed E-state index contributed by atoms with van der Waals surface area (Å²) in [5.74, 6) is 0. The molecule has 0 aromatic carbocycles. The minimum atomic E-state index is -0.851. The highest BCUT2D eigenvalue weighted by atomic mass is 16.2. The van der Waals surface area contributed by atoms with Gasteiger partial charge in [-0.25, -0.2) is 28.1 Å². The average Bonchev–Trinajstić information content (AvgIpc) is 2.47. The summed E-state index contributed by atoms with van der Waals surface area (Å²) in [5.41, 5.74) is -2.55. The Morgan fingerprint density at radius 1 is 0.667 bits per heavy atom. The van der Waals surface area contributed by atoms with Crippen LogP contribution in [-0.4, -0.2) is 13.7 Å². The fraction of sp³-hybridized carbons (Fsp3) is 0.600. The van der Waals surface area contributed by atoms with Crippen LogP contribution in [0, 0.1) is 34.0 Å². The molecule has 1 rings (SSSR count). The predicted molar refractivity (Wildman–Crippen MR) is 84.0 cm³/mol. The van der Waals surface area contributed by atoms with E-state index in [1.807, 2.05) is 18.2 Å². The summed E-state index contributed by atoms with van der Waals surface area (Å²) in [6.07, 6.45) is -0.272. The summed E-state index contributed by atoms with van der Waals surface area (Å²) in [6.45, 7) is 4.57. The van der Waals surface area contributed by atoms with Gasteiger partial charge in [-0.1, -0.05) is 0 Å². The molecule has 0 bridgehead atoms. The van der Waals surface area contributed by atoms with Crippen LogP contribution >= 0.6 is 0 Å². The van der Waals surface area contributed by atoms with Crippen molar-refractivity contribution in [1.82, 2.24) is 13.7 Å². The number of hydrogen-bond donors (Lipinski definition) is 0. The fourth-order valence-corrected chi connectivity index (χ4v) is 2.40. The van der Waals surface area contributed by atoms with Crippen molar-refractivity contribution < 1.29 is 0 Å². The molecule has 1 aromatic rings. The lowest BCUT2D eigenvalue weighted by molar-refractivity contribution is 0.357. The van der Waals surface area contributed by atoms with Crippen LogP contribution in [0.1, 0.15) is 58.2 Å². The molecule has 0 saturated carbocycles. The Bertz CT molecular complexity index is 753. The van der Waals surface area contributed by atoms with Gasteiger partial charge in [-0.05, 0) is 20.8 Å². The maximum absolute atomic E-state index is 12.6. The maximum Gasteiger partial charge on any atom is 0.336 e. The van der Waals surface area contributed by atoms with Crippen molar-refractivity contribution in [3.05, 3.63) is 31.5 Å². The Kier molecular flexibility index (Phi) is 6.26. The molecule has 0 N–H and O–H groups in total. The van der Waals surface area contributed by atoms with Gasteiger partial charge in [0.1, 0.15) is 0 Å². The van der Waals surface area contributed by atoms with Crippen molar-refractivity contribution in [2.45, 2.75) is 58.2 Å². The second-order valence-electron chi connectivity index (χ2n) is 5.59. The number of nitriles is 3. The highest BCUT2D eigenvalue weighted by Crippen LogP contribution is 2.09. The topological polar surface area (TPSA) is 137 Å². The molecular formula is C15H18N6O3. The van der Waals surface area contributed by atoms with E-state index in [0.717, 1.165) is 13.7 Å². The van der Waals surface area contributed by atoms with Crippen molar-refractivity contribution in [2.75, 3.05) is 0 Å². The standard InChI is InChI=1S/C15H18N6O3/c1-10(4-7-16)19-13(22)20(11(2)5-8-17)15(24)21(14(19)23)12(3)6-9-18/h10-12H,4-6H2,1-3H3. The van der Waals surface area contributed by atoms with E-state index in [4.69, 9.17) is 15.8 Å². The summed E-state index contributed by atoms with van der Waals surface area (Å²) < 4.78 is 2.52. The Morgan fingerprint density at radius 3 is 1.04 bits per heavy atom. The normalized spacial score (nSPS) is 14.0. The maximum atomic E-state index is 12.6. The zero-order valence-electron chi connectivity index (χ0n) is 13.8. The molecule has 9 heteroatoms. The van der Waals surface area contributed by atoms with E-state index in [1.165, 1.54) is 20.8 Å². The highest BCUT2D eigenvalue weighted by molar-refractivity contribution is 4.91. The SMILES string of the molecule is CC(CC#N)n1c(=O)n(C(C)CC#N)c(=O)n(C(C)CC#N)c1=O. The number of hydrogen-bond acceptors (Lipinski definition) is 6. The molecule has 0 aliphatic rings. The van der Waals surface area contributed by atoms with Gasteiger partial charge in [0, 0.05) is 0 Å². The molecule has 24 heavy (non-hydrogen) atoms. The molecule has 0 fully saturated rings.